The topological polar surface area (TPSA) is 25.8 Å². The molecule has 0 bridgehead atoms. The van der Waals surface area contributed by atoms with Gasteiger partial charge >= 0.3 is 0 Å². The molecule has 267 valence electrons. The number of pyridine rings is 2. The summed E-state index contributed by atoms with van der Waals surface area (Å²) in [7, 11) is -1.34. The van der Waals surface area contributed by atoms with Gasteiger partial charge in [0.25, 0.3) is 0 Å². The molecule has 1 fully saturated rings. The summed E-state index contributed by atoms with van der Waals surface area (Å²) in [6, 6.07) is 38.7. The van der Waals surface area contributed by atoms with Crippen molar-refractivity contribution in [3.8, 4) is 33.6 Å². The Kier molecular flexibility index (Phi) is 12.0. The number of aromatic nitrogens is 2. The third kappa shape index (κ3) is 8.37. The second kappa shape index (κ2) is 16.5. The van der Waals surface area contributed by atoms with Crippen molar-refractivity contribution in [3.63, 3.8) is 0 Å². The maximum absolute atomic E-state index is 14.3. The molecule has 0 spiro atoms. The van der Waals surface area contributed by atoms with Gasteiger partial charge in [-0.05, 0) is 68.7 Å². The fourth-order valence-electron chi connectivity index (χ4n) is 7.36. The Morgan fingerprint density at radius 1 is 0.827 bits per heavy atom. The summed E-state index contributed by atoms with van der Waals surface area (Å²) in [6.45, 7) is 11.7. The molecule has 3 aromatic heterocycles. The second-order valence-corrected chi connectivity index (χ2v) is 21.2. The van der Waals surface area contributed by atoms with Crippen LogP contribution in [0.2, 0.25) is 19.6 Å². The minimum atomic E-state index is -1.34. The fourth-order valence-corrected chi connectivity index (χ4v) is 10.3. The Morgan fingerprint density at radius 3 is 2.35 bits per heavy atom. The molecule has 0 aliphatic heterocycles. The molecule has 3 heterocycles. The molecule has 0 N–H and O–H groups in total. The first-order valence-corrected chi connectivity index (χ1v) is 22.5. The quantitative estimate of drug-likeness (QED) is 0.118. The predicted molar refractivity (Wildman–Crippen MR) is 218 cm³/mol. The van der Waals surface area contributed by atoms with Gasteiger partial charge in [-0.25, -0.2) is 4.39 Å². The van der Waals surface area contributed by atoms with E-state index in [1.807, 2.05) is 48.7 Å². The molecule has 7 aromatic rings. The Labute approximate surface area is 327 Å². The van der Waals surface area contributed by atoms with Crippen molar-refractivity contribution in [3.05, 3.63) is 139 Å². The van der Waals surface area contributed by atoms with Gasteiger partial charge in [0.1, 0.15) is 5.82 Å². The number of rotatable bonds is 7. The molecular weight excluding hydrogens is 852 g/mol. The molecule has 0 saturated heterocycles. The smallest absolute Gasteiger partial charge is 0.131 e. The van der Waals surface area contributed by atoms with Crippen LogP contribution in [-0.4, -0.2) is 18.0 Å². The minimum Gasteiger partial charge on any atom is -0.305 e. The van der Waals surface area contributed by atoms with E-state index in [9.17, 15) is 4.39 Å². The Balaban J connectivity index is 0.000000200. The van der Waals surface area contributed by atoms with E-state index in [0.29, 0.717) is 11.5 Å². The third-order valence-electron chi connectivity index (χ3n) is 10.0. The summed E-state index contributed by atoms with van der Waals surface area (Å²) in [5.74, 6) is 1.16. The van der Waals surface area contributed by atoms with Crippen LogP contribution in [0.3, 0.4) is 0 Å². The number of hydrogen-bond donors (Lipinski definition) is 0. The number of fused-ring (bicyclic) bond motifs is 3. The van der Waals surface area contributed by atoms with Crippen molar-refractivity contribution in [1.29, 1.82) is 0 Å². The molecule has 6 heteroatoms. The number of hydrogen-bond acceptors (Lipinski definition) is 3. The van der Waals surface area contributed by atoms with Gasteiger partial charge < -0.3 is 9.97 Å². The summed E-state index contributed by atoms with van der Waals surface area (Å²) in [4.78, 5) is 9.37. The maximum atomic E-state index is 14.3. The van der Waals surface area contributed by atoms with Crippen molar-refractivity contribution in [1.82, 2.24) is 9.97 Å². The van der Waals surface area contributed by atoms with Gasteiger partial charge in [-0.3, -0.25) is 0 Å². The molecule has 1 aliphatic rings. The van der Waals surface area contributed by atoms with Crippen molar-refractivity contribution >= 4 is 44.8 Å². The van der Waals surface area contributed by atoms with Crippen LogP contribution < -0.4 is 5.19 Å². The van der Waals surface area contributed by atoms with Crippen LogP contribution in [0, 0.1) is 23.9 Å². The molecule has 1 aliphatic carbocycles. The summed E-state index contributed by atoms with van der Waals surface area (Å²) < 4.78 is 16.7. The number of benzene rings is 4. The Morgan fingerprint density at radius 2 is 1.62 bits per heavy atom. The summed E-state index contributed by atoms with van der Waals surface area (Å²) in [6.07, 6.45) is 10.6. The van der Waals surface area contributed by atoms with E-state index in [4.69, 9.17) is 4.98 Å². The molecule has 0 unspecified atom stereocenters. The van der Waals surface area contributed by atoms with Crippen LogP contribution in [0.15, 0.2) is 109 Å². The SMILES string of the molecule is CC(C)c1cc(-c2[c-]cccc2)ncc1[Si](C)(C)C.Fc1ccccc1-c1ccc2c(c1)sc1c(-c3cc(CC4CCCC4)ccn3)[c-]ccc12.[Ir]. The zero-order valence-electron chi connectivity index (χ0n) is 30.6. The third-order valence-corrected chi connectivity index (χ3v) is 13.3. The van der Waals surface area contributed by atoms with Gasteiger partial charge in [0.2, 0.25) is 0 Å². The van der Waals surface area contributed by atoms with E-state index in [1.54, 1.807) is 17.4 Å². The van der Waals surface area contributed by atoms with E-state index in [2.05, 4.69) is 99.3 Å². The molecule has 8 rings (SSSR count). The first-order valence-electron chi connectivity index (χ1n) is 18.2. The van der Waals surface area contributed by atoms with Crippen LogP contribution in [0.5, 0.6) is 0 Å². The largest absolute Gasteiger partial charge is 0.305 e. The normalized spacial score (nSPS) is 13.3. The molecule has 1 saturated carbocycles. The maximum Gasteiger partial charge on any atom is 0.131 e. The Bertz CT molecular complexity index is 2290. The van der Waals surface area contributed by atoms with Gasteiger partial charge in [0, 0.05) is 42.8 Å². The Hall–Kier alpha value is -3.80. The number of nitrogens with zero attached hydrogens (tertiary/aromatic N) is 2. The summed E-state index contributed by atoms with van der Waals surface area (Å²) in [5.41, 5.74) is 8.52. The zero-order valence-corrected chi connectivity index (χ0v) is 34.8. The fraction of sp³-hybridized carbons (Fsp3) is 0.261. The summed E-state index contributed by atoms with van der Waals surface area (Å²) >= 11 is 1.74. The van der Waals surface area contributed by atoms with Crippen LogP contribution >= 0.6 is 11.3 Å². The molecular formula is C46H45FIrN2SSi-2. The van der Waals surface area contributed by atoms with Crippen molar-refractivity contribution in [2.45, 2.75) is 71.5 Å². The second-order valence-electron chi connectivity index (χ2n) is 15.1. The predicted octanol–water partition coefficient (Wildman–Crippen LogP) is 12.7. The average Bonchev–Trinajstić information content (AvgIpc) is 3.79. The number of halogens is 1. The first-order chi connectivity index (χ1) is 24.7. The van der Waals surface area contributed by atoms with Crippen LogP contribution in [0.4, 0.5) is 4.39 Å². The standard InChI is InChI=1S/C29H23FNS.C17H22NSi.Ir/c30-26-11-4-3-8-22(26)21-12-13-23-24-9-5-10-25(29(24)32-28(23)18-21)27-17-20(14-15-31-27)16-19-6-1-2-7-19;1-13(2)15-11-16(14-9-7-6-8-10-14)18-12-17(15)19(3,4)5;/h3-5,8-9,11-15,17-19H,1-2,6-7,16H2;6-9,11-13H,1-5H3;/q2*-1;. The molecule has 0 atom stereocenters. The van der Waals surface area contributed by atoms with Crippen LogP contribution in [0.1, 0.15) is 56.6 Å². The minimum absolute atomic E-state index is 0. The van der Waals surface area contributed by atoms with Gasteiger partial charge in [-0.15, -0.1) is 59.7 Å². The molecule has 1 radical (unpaired) electrons. The molecule has 2 nitrogen and oxygen atoms in total. The van der Waals surface area contributed by atoms with Gasteiger partial charge in [-0.1, -0.05) is 118 Å². The zero-order chi connectivity index (χ0) is 35.5. The van der Waals surface area contributed by atoms with Gasteiger partial charge in [-0.2, -0.15) is 11.3 Å². The molecule has 4 aromatic carbocycles. The number of thiophene rings is 1. The average molecular weight is 897 g/mol. The van der Waals surface area contributed by atoms with E-state index in [-0.39, 0.29) is 25.9 Å². The van der Waals surface area contributed by atoms with Crippen LogP contribution in [-0.2, 0) is 26.5 Å². The van der Waals surface area contributed by atoms with E-state index >= 15 is 0 Å². The first kappa shape index (κ1) is 37.9. The van der Waals surface area contributed by atoms with E-state index in [1.165, 1.54) is 63.5 Å². The molecule has 52 heavy (non-hydrogen) atoms. The van der Waals surface area contributed by atoms with E-state index in [0.717, 1.165) is 45.1 Å². The van der Waals surface area contributed by atoms with Crippen molar-refractivity contribution in [2.24, 2.45) is 5.92 Å². The molecule has 0 amide bonds. The van der Waals surface area contributed by atoms with Gasteiger partial charge in [0.15, 0.2) is 0 Å². The monoisotopic (exact) mass is 897 g/mol. The van der Waals surface area contributed by atoms with Crippen molar-refractivity contribution in [2.75, 3.05) is 0 Å². The van der Waals surface area contributed by atoms with Gasteiger partial charge in [0.05, 0.1) is 8.07 Å². The summed E-state index contributed by atoms with van der Waals surface area (Å²) in [5, 5.41) is 3.88. The van der Waals surface area contributed by atoms with E-state index < -0.39 is 8.07 Å². The van der Waals surface area contributed by atoms with Crippen molar-refractivity contribution < 1.29 is 24.5 Å². The van der Waals surface area contributed by atoms with Crippen LogP contribution in [0.25, 0.3) is 53.8 Å².